The van der Waals surface area contributed by atoms with E-state index in [0.29, 0.717) is 12.5 Å². The number of hydrogen-bond acceptors (Lipinski definition) is 4. The first kappa shape index (κ1) is 19.2. The molecule has 1 aromatic carbocycles. The Bertz CT molecular complexity index is 699. The fraction of sp³-hybridized carbons (Fsp3) is 0.619. The van der Waals surface area contributed by atoms with Gasteiger partial charge in [-0.1, -0.05) is 12.1 Å². The molecule has 0 spiro atoms. The summed E-state index contributed by atoms with van der Waals surface area (Å²) in [5, 5.41) is 3.50. The lowest BCUT2D eigenvalue weighted by Gasteiger charge is -2.32. The highest BCUT2D eigenvalue weighted by molar-refractivity contribution is 5.95. The standard InChI is InChI=1S/C21H31N5O2/c1-22-21(25-10-8-19(16-25)24-11-13-28-14-12-24)23-15-17-4-6-18(7-5-17)26-9-2-3-20(26)27/h4-7,19H,2-3,8-16H2,1H3,(H,22,23). The zero-order chi connectivity index (χ0) is 19.3. The molecule has 3 aliphatic rings. The largest absolute Gasteiger partial charge is 0.379 e. The summed E-state index contributed by atoms with van der Waals surface area (Å²) >= 11 is 0. The summed E-state index contributed by atoms with van der Waals surface area (Å²) in [6.07, 6.45) is 2.81. The molecule has 152 valence electrons. The van der Waals surface area contributed by atoms with Crippen LogP contribution in [0.4, 0.5) is 5.69 Å². The van der Waals surface area contributed by atoms with Gasteiger partial charge in [0, 0.05) is 64.5 Å². The van der Waals surface area contributed by atoms with E-state index >= 15 is 0 Å². The van der Waals surface area contributed by atoms with Gasteiger partial charge in [-0.15, -0.1) is 0 Å². The molecule has 0 saturated carbocycles. The highest BCUT2D eigenvalue weighted by atomic mass is 16.5. The quantitative estimate of drug-likeness (QED) is 0.625. The van der Waals surface area contributed by atoms with Crippen molar-refractivity contribution < 1.29 is 9.53 Å². The summed E-state index contributed by atoms with van der Waals surface area (Å²) < 4.78 is 5.48. The minimum Gasteiger partial charge on any atom is -0.379 e. The molecule has 7 nitrogen and oxygen atoms in total. The van der Waals surface area contributed by atoms with E-state index in [4.69, 9.17) is 4.74 Å². The molecule has 3 aliphatic heterocycles. The van der Waals surface area contributed by atoms with Crippen molar-refractivity contribution in [2.45, 2.75) is 31.8 Å². The number of carbonyl (C=O) groups is 1. The van der Waals surface area contributed by atoms with Crippen LogP contribution in [0, 0.1) is 0 Å². The first-order chi connectivity index (χ1) is 13.7. The van der Waals surface area contributed by atoms with Crippen molar-refractivity contribution in [3.8, 4) is 0 Å². The van der Waals surface area contributed by atoms with Crippen LogP contribution < -0.4 is 10.2 Å². The van der Waals surface area contributed by atoms with Crippen molar-refractivity contribution in [3.05, 3.63) is 29.8 Å². The molecule has 1 amide bonds. The van der Waals surface area contributed by atoms with E-state index in [2.05, 4.69) is 32.2 Å². The van der Waals surface area contributed by atoms with Gasteiger partial charge in [0.05, 0.1) is 13.2 Å². The van der Waals surface area contributed by atoms with Crippen LogP contribution in [0.3, 0.4) is 0 Å². The average Bonchev–Trinajstić information content (AvgIpc) is 3.39. The molecule has 1 atom stereocenters. The molecule has 0 radical (unpaired) electrons. The van der Waals surface area contributed by atoms with Gasteiger partial charge in [0.25, 0.3) is 0 Å². The van der Waals surface area contributed by atoms with Gasteiger partial charge in [-0.05, 0) is 30.5 Å². The average molecular weight is 386 g/mol. The smallest absolute Gasteiger partial charge is 0.227 e. The number of anilines is 1. The second kappa shape index (κ2) is 8.92. The molecule has 0 aliphatic carbocycles. The molecule has 3 fully saturated rings. The SMILES string of the molecule is CN=C(NCc1ccc(N2CCCC2=O)cc1)N1CCC(N2CCOCC2)C1. The molecule has 3 saturated heterocycles. The van der Waals surface area contributed by atoms with Crippen molar-refractivity contribution in [2.75, 3.05) is 57.9 Å². The summed E-state index contributed by atoms with van der Waals surface area (Å²) in [5.41, 5.74) is 2.20. The summed E-state index contributed by atoms with van der Waals surface area (Å²) in [4.78, 5) is 23.2. The Morgan fingerprint density at radius 2 is 1.96 bits per heavy atom. The van der Waals surface area contributed by atoms with Gasteiger partial charge in [0.1, 0.15) is 0 Å². The number of hydrogen-bond donors (Lipinski definition) is 1. The van der Waals surface area contributed by atoms with Crippen LogP contribution in [0.25, 0.3) is 0 Å². The van der Waals surface area contributed by atoms with Crippen LogP contribution >= 0.6 is 0 Å². The first-order valence-electron chi connectivity index (χ1n) is 10.4. The van der Waals surface area contributed by atoms with E-state index in [1.165, 1.54) is 12.0 Å². The van der Waals surface area contributed by atoms with Crippen LogP contribution in [-0.4, -0.2) is 80.7 Å². The molecule has 7 heteroatoms. The van der Waals surface area contributed by atoms with E-state index in [1.807, 2.05) is 24.1 Å². The number of guanidine groups is 1. The predicted octanol–water partition coefficient (Wildman–Crippen LogP) is 1.30. The maximum Gasteiger partial charge on any atom is 0.227 e. The fourth-order valence-electron chi connectivity index (χ4n) is 4.40. The number of amides is 1. The number of morpholine rings is 1. The van der Waals surface area contributed by atoms with Gasteiger partial charge in [-0.2, -0.15) is 0 Å². The van der Waals surface area contributed by atoms with Gasteiger partial charge >= 0.3 is 0 Å². The highest BCUT2D eigenvalue weighted by Crippen LogP contribution is 2.22. The van der Waals surface area contributed by atoms with E-state index < -0.39 is 0 Å². The van der Waals surface area contributed by atoms with Crippen molar-refractivity contribution in [2.24, 2.45) is 4.99 Å². The molecule has 0 aromatic heterocycles. The van der Waals surface area contributed by atoms with E-state index in [-0.39, 0.29) is 5.91 Å². The van der Waals surface area contributed by atoms with Gasteiger partial charge < -0.3 is 19.9 Å². The Kier molecular flexibility index (Phi) is 6.12. The molecular weight excluding hydrogens is 354 g/mol. The van der Waals surface area contributed by atoms with Crippen LogP contribution in [0.5, 0.6) is 0 Å². The number of likely N-dealkylation sites (tertiary alicyclic amines) is 1. The van der Waals surface area contributed by atoms with E-state index in [9.17, 15) is 4.79 Å². The van der Waals surface area contributed by atoms with Crippen molar-refractivity contribution in [3.63, 3.8) is 0 Å². The van der Waals surface area contributed by atoms with Crippen LogP contribution in [0.15, 0.2) is 29.3 Å². The fourth-order valence-corrected chi connectivity index (χ4v) is 4.40. The first-order valence-corrected chi connectivity index (χ1v) is 10.4. The highest BCUT2D eigenvalue weighted by Gasteiger charge is 2.30. The number of benzene rings is 1. The zero-order valence-corrected chi connectivity index (χ0v) is 16.8. The second-order valence-electron chi connectivity index (χ2n) is 7.75. The molecule has 28 heavy (non-hydrogen) atoms. The maximum absolute atomic E-state index is 11.9. The summed E-state index contributed by atoms with van der Waals surface area (Å²) in [6, 6.07) is 8.89. The number of ether oxygens (including phenoxy) is 1. The molecule has 1 aromatic rings. The van der Waals surface area contributed by atoms with E-state index in [0.717, 1.165) is 70.6 Å². The number of nitrogens with one attached hydrogen (secondary N) is 1. The van der Waals surface area contributed by atoms with Crippen LogP contribution in [0.2, 0.25) is 0 Å². The van der Waals surface area contributed by atoms with Gasteiger partial charge in [-0.3, -0.25) is 14.7 Å². The second-order valence-corrected chi connectivity index (χ2v) is 7.75. The lowest BCUT2D eigenvalue weighted by atomic mass is 10.2. The summed E-state index contributed by atoms with van der Waals surface area (Å²) in [6.45, 7) is 7.41. The third-order valence-electron chi connectivity index (χ3n) is 6.01. The molecule has 1 unspecified atom stereocenters. The lowest BCUT2D eigenvalue weighted by molar-refractivity contribution is -0.117. The molecular formula is C21H31N5O2. The molecule has 1 N–H and O–H groups in total. The lowest BCUT2D eigenvalue weighted by Crippen LogP contribution is -2.46. The minimum absolute atomic E-state index is 0.232. The number of rotatable bonds is 4. The van der Waals surface area contributed by atoms with Crippen LogP contribution in [-0.2, 0) is 16.1 Å². The third kappa shape index (κ3) is 4.31. The monoisotopic (exact) mass is 385 g/mol. The number of aliphatic imine (C=N–C) groups is 1. The summed E-state index contributed by atoms with van der Waals surface area (Å²) in [5.74, 6) is 1.20. The molecule has 4 rings (SSSR count). The number of carbonyl (C=O) groups excluding carboxylic acids is 1. The molecule has 3 heterocycles. The Morgan fingerprint density at radius 3 is 2.64 bits per heavy atom. The minimum atomic E-state index is 0.232. The Balaban J connectivity index is 1.29. The Morgan fingerprint density at radius 1 is 1.18 bits per heavy atom. The Hall–Kier alpha value is -2.12. The van der Waals surface area contributed by atoms with Crippen molar-refractivity contribution >= 4 is 17.6 Å². The maximum atomic E-state index is 11.9. The van der Waals surface area contributed by atoms with E-state index in [1.54, 1.807) is 0 Å². The molecule has 0 bridgehead atoms. The third-order valence-corrected chi connectivity index (χ3v) is 6.01. The van der Waals surface area contributed by atoms with Gasteiger partial charge in [0.2, 0.25) is 5.91 Å². The zero-order valence-electron chi connectivity index (χ0n) is 16.8. The van der Waals surface area contributed by atoms with Crippen LogP contribution in [0.1, 0.15) is 24.8 Å². The predicted molar refractivity (Wildman–Crippen MR) is 111 cm³/mol. The number of nitrogens with zero attached hydrogens (tertiary/aromatic N) is 4. The van der Waals surface area contributed by atoms with Crippen molar-refractivity contribution in [1.82, 2.24) is 15.1 Å². The van der Waals surface area contributed by atoms with Gasteiger partial charge in [0.15, 0.2) is 5.96 Å². The summed E-state index contributed by atoms with van der Waals surface area (Å²) in [7, 11) is 1.85. The Labute approximate surface area is 167 Å². The van der Waals surface area contributed by atoms with Gasteiger partial charge in [-0.25, -0.2) is 0 Å². The normalized spacial score (nSPS) is 24.2. The topological polar surface area (TPSA) is 60.4 Å². The van der Waals surface area contributed by atoms with Crippen molar-refractivity contribution in [1.29, 1.82) is 0 Å².